The van der Waals surface area contributed by atoms with E-state index in [0.29, 0.717) is 28.1 Å². The smallest absolute Gasteiger partial charge is 0.427 e. The predicted molar refractivity (Wildman–Crippen MR) is 90.9 cm³/mol. The molecule has 5 nitrogen and oxygen atoms in total. The van der Waals surface area contributed by atoms with E-state index < -0.39 is 28.9 Å². The first-order chi connectivity index (χ1) is 12.7. The van der Waals surface area contributed by atoms with Crippen LogP contribution < -0.4 is 0 Å². The normalized spacial score (nSPS) is 20.0. The molecule has 1 unspecified atom stereocenters. The highest BCUT2D eigenvalue weighted by Gasteiger charge is 2.45. The Morgan fingerprint density at radius 3 is 2.70 bits per heavy atom. The fourth-order valence-electron chi connectivity index (χ4n) is 3.19. The average Bonchev–Trinajstić information content (AvgIpc) is 3.16. The molecule has 0 saturated carbocycles. The van der Waals surface area contributed by atoms with Crippen LogP contribution in [0.25, 0.3) is 22.2 Å². The molecule has 9 heteroatoms. The van der Waals surface area contributed by atoms with Crippen molar-refractivity contribution < 1.29 is 31.9 Å². The molecule has 0 spiro atoms. The minimum atomic E-state index is -4.63. The lowest BCUT2D eigenvalue weighted by molar-refractivity contribution is -0.260. The van der Waals surface area contributed by atoms with Crippen LogP contribution >= 0.6 is 11.5 Å². The van der Waals surface area contributed by atoms with Crippen molar-refractivity contribution in [3.63, 3.8) is 0 Å². The number of carbonyl (C=O) groups excluding carboxylic acids is 1. The van der Waals surface area contributed by atoms with E-state index in [1.807, 2.05) is 0 Å². The van der Waals surface area contributed by atoms with Gasteiger partial charge in [0.15, 0.2) is 0 Å². The first-order valence-electron chi connectivity index (χ1n) is 8.09. The van der Waals surface area contributed by atoms with Crippen LogP contribution in [0.3, 0.4) is 0 Å². The van der Waals surface area contributed by atoms with E-state index >= 15 is 0 Å². The highest BCUT2D eigenvalue weighted by Crippen LogP contribution is 2.47. The number of alkyl halides is 3. The van der Waals surface area contributed by atoms with Crippen LogP contribution in [0.5, 0.6) is 0 Å². The number of aromatic nitrogens is 1. The number of fused-ring (bicyclic) bond motifs is 1. The van der Waals surface area contributed by atoms with Gasteiger partial charge in [-0.15, -0.1) is 0 Å². The van der Waals surface area contributed by atoms with Gasteiger partial charge in [-0.2, -0.15) is 17.5 Å². The summed E-state index contributed by atoms with van der Waals surface area (Å²) in [6, 6.07) is 6.98. The number of hydrogen-bond donors (Lipinski definition) is 0. The largest absolute Gasteiger partial charge is 0.464 e. The van der Waals surface area contributed by atoms with Crippen molar-refractivity contribution in [2.45, 2.75) is 38.3 Å². The first-order valence-corrected chi connectivity index (χ1v) is 8.86. The van der Waals surface area contributed by atoms with Crippen molar-refractivity contribution in [1.29, 1.82) is 0 Å². The molecule has 1 atom stereocenters. The molecule has 27 heavy (non-hydrogen) atoms. The van der Waals surface area contributed by atoms with E-state index in [4.69, 9.17) is 13.9 Å². The SMILES string of the molecule is CC1(C)OC(=O)CC(c2c(-c3coc4ccccc34)nsc2C(F)(F)F)O1. The third kappa shape index (κ3) is 3.21. The lowest BCUT2D eigenvalue weighted by Gasteiger charge is -2.35. The summed E-state index contributed by atoms with van der Waals surface area (Å²) in [5, 5.41) is 0.635. The summed E-state index contributed by atoms with van der Waals surface area (Å²) in [6.07, 6.45) is -4.71. The minimum absolute atomic E-state index is 0.104. The molecule has 1 aliphatic rings. The van der Waals surface area contributed by atoms with Gasteiger partial charge < -0.3 is 13.9 Å². The maximum atomic E-state index is 13.6. The van der Waals surface area contributed by atoms with E-state index in [1.165, 1.54) is 20.1 Å². The van der Waals surface area contributed by atoms with Crippen LogP contribution in [-0.4, -0.2) is 16.1 Å². The summed E-state index contributed by atoms with van der Waals surface area (Å²) >= 11 is 0.336. The number of hydrogen-bond acceptors (Lipinski definition) is 6. The Morgan fingerprint density at radius 2 is 2.00 bits per heavy atom. The van der Waals surface area contributed by atoms with Crippen LogP contribution in [0.15, 0.2) is 34.9 Å². The Morgan fingerprint density at radius 1 is 1.26 bits per heavy atom. The van der Waals surface area contributed by atoms with Crippen LogP contribution in [0.1, 0.15) is 36.8 Å². The molecule has 1 fully saturated rings. The number of ether oxygens (including phenoxy) is 2. The summed E-state index contributed by atoms with van der Waals surface area (Å²) in [7, 11) is 0. The van der Waals surface area contributed by atoms with Crippen molar-refractivity contribution >= 4 is 28.5 Å². The van der Waals surface area contributed by atoms with Crippen molar-refractivity contribution in [2.75, 3.05) is 0 Å². The van der Waals surface area contributed by atoms with Gasteiger partial charge in [-0.3, -0.25) is 4.79 Å². The zero-order chi connectivity index (χ0) is 19.4. The van der Waals surface area contributed by atoms with E-state index in [1.54, 1.807) is 24.3 Å². The second-order valence-corrected chi connectivity index (χ2v) is 7.38. The highest BCUT2D eigenvalue weighted by atomic mass is 32.1. The zero-order valence-electron chi connectivity index (χ0n) is 14.3. The molecule has 3 heterocycles. The molecule has 142 valence electrons. The lowest BCUT2D eigenvalue weighted by atomic mass is 9.98. The van der Waals surface area contributed by atoms with Gasteiger partial charge in [-0.05, 0) is 17.6 Å². The molecule has 4 rings (SSSR count). The van der Waals surface area contributed by atoms with Crippen molar-refractivity contribution in [1.82, 2.24) is 4.37 Å². The van der Waals surface area contributed by atoms with Crippen LogP contribution in [-0.2, 0) is 20.4 Å². The van der Waals surface area contributed by atoms with Crippen LogP contribution in [0.2, 0.25) is 0 Å². The molecule has 0 bridgehead atoms. The quantitative estimate of drug-likeness (QED) is 0.548. The van der Waals surface area contributed by atoms with Gasteiger partial charge in [0.25, 0.3) is 0 Å². The standard InChI is InChI=1S/C18H14F3NO4S/c1-17(2)25-12(7-13(23)26-17)14-15(22-27-16(14)18(19,20)21)10-8-24-11-6-4-3-5-9(10)11/h3-6,8,12H,7H2,1-2H3. The second-order valence-electron chi connectivity index (χ2n) is 6.60. The number of cyclic esters (lactones) is 1. The summed E-state index contributed by atoms with van der Waals surface area (Å²) in [5.41, 5.74) is 0.897. The average molecular weight is 397 g/mol. The molecular weight excluding hydrogens is 383 g/mol. The number of furan rings is 1. The van der Waals surface area contributed by atoms with E-state index in [9.17, 15) is 18.0 Å². The Hall–Kier alpha value is -2.39. The highest BCUT2D eigenvalue weighted by molar-refractivity contribution is 7.06. The number of halogens is 3. The maximum absolute atomic E-state index is 13.6. The van der Waals surface area contributed by atoms with Gasteiger partial charge in [-0.25, -0.2) is 0 Å². The van der Waals surface area contributed by atoms with Crippen molar-refractivity contribution in [3.8, 4) is 11.3 Å². The molecule has 0 radical (unpaired) electrons. The number of carbonyl (C=O) groups is 1. The van der Waals surface area contributed by atoms with Crippen molar-refractivity contribution in [2.24, 2.45) is 0 Å². The van der Waals surface area contributed by atoms with Gasteiger partial charge in [0.1, 0.15) is 22.8 Å². The van der Waals surface area contributed by atoms with Gasteiger partial charge >= 0.3 is 12.1 Å². The topological polar surface area (TPSA) is 61.6 Å². The molecule has 1 saturated heterocycles. The summed E-state index contributed by atoms with van der Waals surface area (Å²) in [4.78, 5) is 11.0. The Labute approximate surface area is 155 Å². The van der Waals surface area contributed by atoms with Gasteiger partial charge in [-0.1, -0.05) is 18.2 Å². The van der Waals surface area contributed by atoms with Gasteiger partial charge in [0.05, 0.1) is 12.1 Å². The number of rotatable bonds is 2. The van der Waals surface area contributed by atoms with Gasteiger partial charge in [0.2, 0.25) is 5.79 Å². The monoisotopic (exact) mass is 397 g/mol. The predicted octanol–water partition coefficient (Wildman–Crippen LogP) is 5.32. The van der Waals surface area contributed by atoms with Crippen LogP contribution in [0.4, 0.5) is 13.2 Å². The molecule has 1 aromatic carbocycles. The van der Waals surface area contributed by atoms with E-state index in [-0.39, 0.29) is 17.7 Å². The van der Waals surface area contributed by atoms with E-state index in [2.05, 4.69) is 4.37 Å². The molecule has 3 aromatic rings. The first kappa shape index (κ1) is 18.0. The molecule has 0 amide bonds. The summed E-state index contributed by atoms with van der Waals surface area (Å²) in [5.74, 6) is -1.96. The fraction of sp³-hybridized carbons (Fsp3) is 0.333. The number of para-hydroxylation sites is 1. The Balaban J connectivity index is 1.91. The molecule has 2 aromatic heterocycles. The van der Waals surface area contributed by atoms with Crippen molar-refractivity contribution in [3.05, 3.63) is 41.0 Å². The molecular formula is C18H14F3NO4S. The molecule has 1 aliphatic heterocycles. The Kier molecular flexibility index (Phi) is 4.04. The Bertz CT molecular complexity index is 1020. The number of nitrogens with zero attached hydrogens (tertiary/aromatic N) is 1. The lowest BCUT2D eigenvalue weighted by Crippen LogP contribution is -2.39. The molecule has 0 aliphatic carbocycles. The third-order valence-corrected chi connectivity index (χ3v) is 5.09. The summed E-state index contributed by atoms with van der Waals surface area (Å²) < 4.78 is 61.1. The number of benzene rings is 1. The molecule has 0 N–H and O–H groups in total. The van der Waals surface area contributed by atoms with E-state index in [0.717, 1.165) is 0 Å². The fourth-order valence-corrected chi connectivity index (χ4v) is 4.00. The number of esters is 1. The van der Waals surface area contributed by atoms with Crippen LogP contribution in [0, 0.1) is 0 Å². The maximum Gasteiger partial charge on any atom is 0.427 e. The second kappa shape index (κ2) is 6.07. The third-order valence-electron chi connectivity index (χ3n) is 4.18. The summed E-state index contributed by atoms with van der Waals surface area (Å²) in [6.45, 7) is 2.97. The zero-order valence-corrected chi connectivity index (χ0v) is 15.1. The van der Waals surface area contributed by atoms with Gasteiger partial charge in [0, 0.05) is 30.4 Å². The minimum Gasteiger partial charge on any atom is -0.464 e.